The number of aliphatic imine (C=N–C) groups is 1. The second-order valence-electron chi connectivity index (χ2n) is 6.90. The van der Waals surface area contributed by atoms with Crippen LogP contribution in [-0.4, -0.2) is 64.0 Å². The van der Waals surface area contributed by atoms with Crippen LogP contribution in [0.5, 0.6) is 0 Å². The molecule has 1 aromatic carbocycles. The molecule has 4 rings (SSSR count). The minimum Gasteiger partial charge on any atom is -0.478 e. The van der Waals surface area contributed by atoms with Crippen LogP contribution in [0.15, 0.2) is 52.8 Å². The number of carboxylic acids is 1. The van der Waals surface area contributed by atoms with Crippen molar-refractivity contribution in [2.45, 2.75) is 24.0 Å². The first-order chi connectivity index (χ1) is 14.5. The smallest absolute Gasteiger partial charge is 0.349 e. The van der Waals surface area contributed by atoms with Gasteiger partial charge in [-0.3, -0.25) is 14.5 Å². The minimum atomic E-state index is -1.32. The Bertz CT molecular complexity index is 980. The SMILES string of the molecule is CN(C1=N[C@@H](C(=O)O)N2C(=O)C(NC(=O)Cc3cccs3)C2SC1)c1ccccc1. The first-order valence-corrected chi connectivity index (χ1v) is 11.2. The number of amides is 2. The lowest BCUT2D eigenvalue weighted by Crippen LogP contribution is -2.72. The number of hydrogen-bond donors (Lipinski definition) is 2. The summed E-state index contributed by atoms with van der Waals surface area (Å²) in [5.74, 6) is -0.898. The average molecular weight is 445 g/mol. The molecule has 3 atom stereocenters. The summed E-state index contributed by atoms with van der Waals surface area (Å²) >= 11 is 2.88. The van der Waals surface area contributed by atoms with Gasteiger partial charge in [-0.2, -0.15) is 0 Å². The molecule has 0 aliphatic carbocycles. The van der Waals surface area contributed by atoms with Gasteiger partial charge in [0.1, 0.15) is 17.3 Å². The van der Waals surface area contributed by atoms with Crippen LogP contribution in [0.25, 0.3) is 0 Å². The number of carboxylic acid groups (broad SMARTS) is 1. The molecule has 2 N–H and O–H groups in total. The Morgan fingerprint density at radius 3 is 2.70 bits per heavy atom. The second-order valence-corrected chi connectivity index (χ2v) is 9.04. The Hall–Kier alpha value is -2.85. The van der Waals surface area contributed by atoms with Crippen LogP contribution >= 0.6 is 23.1 Å². The number of nitrogens with zero attached hydrogens (tertiary/aromatic N) is 3. The summed E-state index contributed by atoms with van der Waals surface area (Å²) in [6.07, 6.45) is -1.12. The number of benzene rings is 1. The molecule has 10 heteroatoms. The zero-order valence-corrected chi connectivity index (χ0v) is 17.7. The predicted molar refractivity (Wildman–Crippen MR) is 117 cm³/mol. The van der Waals surface area contributed by atoms with Gasteiger partial charge in [0.15, 0.2) is 0 Å². The number of carbonyl (C=O) groups is 3. The number of amidine groups is 1. The van der Waals surface area contributed by atoms with E-state index in [9.17, 15) is 19.5 Å². The molecule has 0 bridgehead atoms. The molecule has 1 fully saturated rings. The van der Waals surface area contributed by atoms with Crippen molar-refractivity contribution in [3.63, 3.8) is 0 Å². The van der Waals surface area contributed by atoms with Crippen molar-refractivity contribution in [1.29, 1.82) is 0 Å². The van der Waals surface area contributed by atoms with Gasteiger partial charge in [0.2, 0.25) is 12.1 Å². The highest BCUT2D eigenvalue weighted by Crippen LogP contribution is 2.36. The number of aliphatic carboxylic acids is 1. The van der Waals surface area contributed by atoms with Crippen LogP contribution in [0.2, 0.25) is 0 Å². The summed E-state index contributed by atoms with van der Waals surface area (Å²) in [5, 5.41) is 13.9. The molecule has 2 amide bonds. The van der Waals surface area contributed by atoms with Gasteiger partial charge in [0.05, 0.1) is 12.2 Å². The van der Waals surface area contributed by atoms with E-state index >= 15 is 0 Å². The maximum absolute atomic E-state index is 12.7. The highest BCUT2D eigenvalue weighted by molar-refractivity contribution is 8.00. The van der Waals surface area contributed by atoms with Crippen LogP contribution < -0.4 is 10.2 Å². The van der Waals surface area contributed by atoms with Gasteiger partial charge >= 0.3 is 5.97 Å². The molecule has 2 aromatic rings. The van der Waals surface area contributed by atoms with E-state index in [2.05, 4.69) is 10.3 Å². The van der Waals surface area contributed by atoms with Crippen LogP contribution in [0.4, 0.5) is 5.69 Å². The number of nitrogens with one attached hydrogen (secondary N) is 1. The number of thiophene rings is 1. The van der Waals surface area contributed by atoms with Crippen molar-refractivity contribution in [1.82, 2.24) is 10.2 Å². The Labute approximate surface area is 181 Å². The lowest BCUT2D eigenvalue weighted by Gasteiger charge is -2.46. The molecule has 8 nitrogen and oxygen atoms in total. The zero-order chi connectivity index (χ0) is 21.3. The highest BCUT2D eigenvalue weighted by Gasteiger charge is 2.54. The van der Waals surface area contributed by atoms with E-state index in [1.54, 1.807) is 0 Å². The summed E-state index contributed by atoms with van der Waals surface area (Å²) in [6.45, 7) is 0. The fraction of sp³-hybridized carbons (Fsp3) is 0.300. The van der Waals surface area contributed by atoms with Gasteiger partial charge in [-0.05, 0) is 23.6 Å². The maximum atomic E-state index is 12.7. The third-order valence-electron chi connectivity index (χ3n) is 4.98. The molecule has 0 spiro atoms. The van der Waals surface area contributed by atoms with E-state index in [4.69, 9.17) is 0 Å². The third-order valence-corrected chi connectivity index (χ3v) is 7.12. The standard InChI is InChI=1S/C20H20N4O4S2/c1-23(12-6-3-2-4-7-12)14-11-30-19-16(18(26)24(19)17(21-14)20(27)28)22-15(25)10-13-8-5-9-29-13/h2-9,16-17,19H,10-11H2,1H3,(H,22,25)(H,27,28)/t16?,17-,19?/m1/s1. The molecule has 3 heterocycles. The number of carbonyl (C=O) groups excluding carboxylic acids is 2. The minimum absolute atomic E-state index is 0.194. The van der Waals surface area contributed by atoms with Gasteiger partial charge in [0.25, 0.3) is 5.91 Å². The quantitative estimate of drug-likeness (QED) is 0.680. The molecule has 1 saturated heterocycles. The topological polar surface area (TPSA) is 102 Å². The molecule has 2 unspecified atom stereocenters. The van der Waals surface area contributed by atoms with E-state index < -0.39 is 29.5 Å². The Morgan fingerprint density at radius 2 is 2.03 bits per heavy atom. The normalized spacial score (nSPS) is 23.0. The predicted octanol–water partition coefficient (Wildman–Crippen LogP) is 1.64. The largest absolute Gasteiger partial charge is 0.478 e. The second kappa shape index (κ2) is 8.49. The fourth-order valence-electron chi connectivity index (χ4n) is 3.41. The van der Waals surface area contributed by atoms with Crippen molar-refractivity contribution in [3.05, 3.63) is 52.7 Å². The van der Waals surface area contributed by atoms with Gasteiger partial charge in [-0.25, -0.2) is 9.79 Å². The van der Waals surface area contributed by atoms with E-state index in [-0.39, 0.29) is 12.3 Å². The number of fused-ring (bicyclic) bond motifs is 1. The third kappa shape index (κ3) is 3.92. The van der Waals surface area contributed by atoms with E-state index in [0.717, 1.165) is 10.6 Å². The number of para-hydroxylation sites is 1. The van der Waals surface area contributed by atoms with Crippen LogP contribution in [-0.2, 0) is 20.8 Å². The molecule has 156 valence electrons. The first kappa shape index (κ1) is 20.4. The highest BCUT2D eigenvalue weighted by atomic mass is 32.2. The maximum Gasteiger partial charge on any atom is 0.349 e. The van der Waals surface area contributed by atoms with Crippen molar-refractivity contribution in [3.8, 4) is 0 Å². The van der Waals surface area contributed by atoms with Crippen molar-refractivity contribution < 1.29 is 19.5 Å². The summed E-state index contributed by atoms with van der Waals surface area (Å²) in [6, 6.07) is 12.5. The number of hydrogen-bond acceptors (Lipinski definition) is 7. The average Bonchev–Trinajstić information content (AvgIpc) is 3.17. The molecular weight excluding hydrogens is 424 g/mol. The Balaban J connectivity index is 1.50. The van der Waals surface area contributed by atoms with Crippen LogP contribution in [0.1, 0.15) is 4.88 Å². The summed E-state index contributed by atoms with van der Waals surface area (Å²) in [4.78, 5) is 45.3. The van der Waals surface area contributed by atoms with Gasteiger partial charge in [0, 0.05) is 17.6 Å². The van der Waals surface area contributed by atoms with Gasteiger partial charge in [-0.15, -0.1) is 23.1 Å². The fourth-order valence-corrected chi connectivity index (χ4v) is 5.46. The lowest BCUT2D eigenvalue weighted by atomic mass is 10.1. The number of β-lactam (4-membered cyclic amide) rings is 1. The molecule has 2 aliphatic heterocycles. The number of rotatable bonds is 5. The monoisotopic (exact) mass is 444 g/mol. The van der Waals surface area contributed by atoms with E-state index in [0.29, 0.717) is 11.6 Å². The van der Waals surface area contributed by atoms with Crippen molar-refractivity contribution in [2.24, 2.45) is 4.99 Å². The van der Waals surface area contributed by atoms with Gasteiger partial charge in [-0.1, -0.05) is 24.3 Å². The summed E-state index contributed by atoms with van der Waals surface area (Å²) in [7, 11) is 1.82. The molecule has 0 saturated carbocycles. The Kier molecular flexibility index (Phi) is 5.78. The Morgan fingerprint density at radius 1 is 1.27 bits per heavy atom. The molecular formula is C20H20N4O4S2. The van der Waals surface area contributed by atoms with E-state index in [1.807, 2.05) is 59.8 Å². The van der Waals surface area contributed by atoms with Gasteiger partial charge < -0.3 is 15.3 Å². The zero-order valence-electron chi connectivity index (χ0n) is 16.1. The molecule has 1 aromatic heterocycles. The summed E-state index contributed by atoms with van der Waals surface area (Å²) in [5.41, 5.74) is 0.873. The molecule has 30 heavy (non-hydrogen) atoms. The van der Waals surface area contributed by atoms with Crippen LogP contribution in [0.3, 0.4) is 0 Å². The first-order valence-electron chi connectivity index (χ1n) is 9.29. The molecule has 2 aliphatic rings. The summed E-state index contributed by atoms with van der Waals surface area (Å²) < 4.78 is 0. The van der Waals surface area contributed by atoms with Crippen molar-refractivity contribution in [2.75, 3.05) is 17.7 Å². The molecule has 0 radical (unpaired) electrons. The van der Waals surface area contributed by atoms with E-state index in [1.165, 1.54) is 28.0 Å². The van der Waals surface area contributed by atoms with Crippen molar-refractivity contribution >= 4 is 52.4 Å². The number of anilines is 1. The van der Waals surface area contributed by atoms with Crippen LogP contribution in [0, 0.1) is 0 Å². The number of thioether (sulfide) groups is 1. The lowest BCUT2D eigenvalue weighted by molar-refractivity contribution is -0.161.